The number of hydrogen-bond donors (Lipinski definition) is 0. The molecule has 1 aliphatic heterocycles. The molecule has 3 aromatic rings. The largest absolute Gasteiger partial charge is 0.336 e. The van der Waals surface area contributed by atoms with Crippen molar-refractivity contribution >= 4 is 15.9 Å². The normalized spacial score (nSPS) is 15.3. The van der Waals surface area contributed by atoms with Crippen molar-refractivity contribution in [3.63, 3.8) is 0 Å². The molecule has 0 aliphatic carbocycles. The lowest BCUT2D eigenvalue weighted by Gasteiger charge is -2.33. The van der Waals surface area contributed by atoms with Crippen LogP contribution in [0.25, 0.3) is 5.69 Å². The van der Waals surface area contributed by atoms with Crippen molar-refractivity contribution < 1.29 is 22.0 Å². The van der Waals surface area contributed by atoms with Gasteiger partial charge >= 0.3 is 0 Å². The topological polar surface area (TPSA) is 75.5 Å². The third-order valence-electron chi connectivity index (χ3n) is 4.89. The van der Waals surface area contributed by atoms with Gasteiger partial charge in [-0.25, -0.2) is 21.9 Å². The zero-order valence-electron chi connectivity index (χ0n) is 15.8. The summed E-state index contributed by atoms with van der Waals surface area (Å²) in [5.74, 6) is -2.56. The molecule has 7 nitrogen and oxygen atoms in total. The summed E-state index contributed by atoms with van der Waals surface area (Å²) >= 11 is 0. The van der Waals surface area contributed by atoms with E-state index >= 15 is 0 Å². The third kappa shape index (κ3) is 3.71. The number of sulfonamides is 1. The highest BCUT2D eigenvalue weighted by atomic mass is 32.2. The predicted octanol–water partition coefficient (Wildman–Crippen LogP) is 2.30. The first kappa shape index (κ1) is 20.2. The lowest BCUT2D eigenvalue weighted by Crippen LogP contribution is -2.50. The van der Waals surface area contributed by atoms with Crippen LogP contribution in [0.4, 0.5) is 8.78 Å². The van der Waals surface area contributed by atoms with Crippen molar-refractivity contribution in [3.05, 3.63) is 78.1 Å². The van der Waals surface area contributed by atoms with E-state index in [0.717, 1.165) is 28.2 Å². The van der Waals surface area contributed by atoms with Gasteiger partial charge in [-0.15, -0.1) is 0 Å². The molecule has 0 saturated carbocycles. The van der Waals surface area contributed by atoms with Crippen LogP contribution >= 0.6 is 0 Å². The Morgan fingerprint density at radius 2 is 1.53 bits per heavy atom. The zero-order chi connectivity index (χ0) is 21.3. The number of piperazine rings is 1. The van der Waals surface area contributed by atoms with E-state index in [1.807, 2.05) is 30.3 Å². The van der Waals surface area contributed by atoms with Gasteiger partial charge in [0.2, 0.25) is 10.0 Å². The van der Waals surface area contributed by atoms with E-state index in [0.29, 0.717) is 5.56 Å². The van der Waals surface area contributed by atoms with Gasteiger partial charge in [0, 0.05) is 32.4 Å². The van der Waals surface area contributed by atoms with E-state index in [1.54, 1.807) is 10.9 Å². The van der Waals surface area contributed by atoms with Gasteiger partial charge in [0.15, 0.2) is 4.90 Å². The molecular weight excluding hydrogens is 414 g/mol. The summed E-state index contributed by atoms with van der Waals surface area (Å²) in [5, 5.41) is 4.20. The Bertz CT molecular complexity index is 1150. The molecule has 30 heavy (non-hydrogen) atoms. The summed E-state index contributed by atoms with van der Waals surface area (Å²) in [7, 11) is -4.34. The summed E-state index contributed by atoms with van der Waals surface area (Å²) in [6.45, 7) is 0.0820. The van der Waals surface area contributed by atoms with Crippen molar-refractivity contribution in [2.75, 3.05) is 26.2 Å². The van der Waals surface area contributed by atoms with Gasteiger partial charge < -0.3 is 4.90 Å². The molecule has 1 fully saturated rings. The maximum absolute atomic E-state index is 13.9. The molecular formula is C20H18F2N4O3S. The second-order valence-corrected chi connectivity index (χ2v) is 8.63. The summed E-state index contributed by atoms with van der Waals surface area (Å²) < 4.78 is 55.8. The van der Waals surface area contributed by atoms with Gasteiger partial charge in [-0.3, -0.25) is 4.79 Å². The number of amides is 1. The van der Waals surface area contributed by atoms with Gasteiger partial charge in [-0.1, -0.05) is 24.3 Å². The van der Waals surface area contributed by atoms with Crippen molar-refractivity contribution in [2.24, 2.45) is 0 Å². The standard InChI is InChI=1S/C20H18F2N4O3S/c21-17-7-4-8-18(22)19(17)30(28,29)25-11-9-24(10-12-25)20(27)15-13-23-26(14-15)16-5-2-1-3-6-16/h1-8,13-14H,9-12H2. The number of aromatic nitrogens is 2. The number of benzene rings is 2. The molecule has 0 bridgehead atoms. The highest BCUT2D eigenvalue weighted by molar-refractivity contribution is 7.89. The Morgan fingerprint density at radius 1 is 0.900 bits per heavy atom. The molecule has 1 aliphatic rings. The fourth-order valence-electron chi connectivity index (χ4n) is 3.33. The smallest absolute Gasteiger partial charge is 0.257 e. The Morgan fingerprint density at radius 3 is 2.17 bits per heavy atom. The lowest BCUT2D eigenvalue weighted by molar-refractivity contribution is 0.0697. The number of carbonyl (C=O) groups is 1. The minimum atomic E-state index is -4.34. The van der Waals surface area contributed by atoms with Gasteiger partial charge in [0.1, 0.15) is 11.6 Å². The van der Waals surface area contributed by atoms with E-state index < -0.39 is 26.6 Å². The van der Waals surface area contributed by atoms with Crippen LogP contribution in [0.2, 0.25) is 0 Å². The minimum Gasteiger partial charge on any atom is -0.336 e. The van der Waals surface area contributed by atoms with Crippen LogP contribution in [0.15, 0.2) is 65.8 Å². The van der Waals surface area contributed by atoms with Gasteiger partial charge in [-0.05, 0) is 24.3 Å². The molecule has 0 N–H and O–H groups in total. The predicted molar refractivity (Wildman–Crippen MR) is 105 cm³/mol. The maximum Gasteiger partial charge on any atom is 0.257 e. The molecule has 1 aromatic heterocycles. The molecule has 1 saturated heterocycles. The molecule has 0 spiro atoms. The number of nitrogens with zero attached hydrogens (tertiary/aromatic N) is 4. The van der Waals surface area contributed by atoms with Crippen LogP contribution in [0, 0.1) is 11.6 Å². The molecule has 0 atom stereocenters. The van der Waals surface area contributed by atoms with E-state index in [-0.39, 0.29) is 32.1 Å². The first-order valence-corrected chi connectivity index (χ1v) is 10.7. The lowest BCUT2D eigenvalue weighted by atomic mass is 10.2. The van der Waals surface area contributed by atoms with E-state index in [1.165, 1.54) is 11.1 Å². The molecule has 10 heteroatoms. The molecule has 1 amide bonds. The van der Waals surface area contributed by atoms with E-state index in [4.69, 9.17) is 0 Å². The summed E-state index contributed by atoms with van der Waals surface area (Å²) in [6, 6.07) is 12.2. The highest BCUT2D eigenvalue weighted by Gasteiger charge is 2.34. The number of hydrogen-bond acceptors (Lipinski definition) is 4. The molecule has 2 heterocycles. The number of para-hydroxylation sites is 1. The van der Waals surface area contributed by atoms with Crippen molar-refractivity contribution in [1.82, 2.24) is 19.0 Å². The number of rotatable bonds is 4. The maximum atomic E-state index is 13.9. The zero-order valence-corrected chi connectivity index (χ0v) is 16.6. The van der Waals surface area contributed by atoms with Gasteiger partial charge in [-0.2, -0.15) is 9.40 Å². The average molecular weight is 432 g/mol. The van der Waals surface area contributed by atoms with Gasteiger partial charge in [0.05, 0.1) is 17.4 Å². The van der Waals surface area contributed by atoms with Crippen LogP contribution in [-0.2, 0) is 10.0 Å². The summed E-state index contributed by atoms with van der Waals surface area (Å²) in [4.78, 5) is 13.3. The number of carbonyl (C=O) groups excluding carboxylic acids is 1. The second kappa shape index (κ2) is 7.96. The second-order valence-electron chi connectivity index (χ2n) is 6.76. The highest BCUT2D eigenvalue weighted by Crippen LogP contribution is 2.24. The Labute approximate surface area is 172 Å². The molecule has 0 radical (unpaired) electrons. The fourth-order valence-corrected chi connectivity index (χ4v) is 4.86. The van der Waals surface area contributed by atoms with Crippen molar-refractivity contribution in [2.45, 2.75) is 4.90 Å². The first-order valence-electron chi connectivity index (χ1n) is 9.21. The molecule has 156 valence electrons. The molecule has 4 rings (SSSR count). The van der Waals surface area contributed by atoms with Crippen LogP contribution in [0.3, 0.4) is 0 Å². The van der Waals surface area contributed by atoms with E-state index in [2.05, 4.69) is 5.10 Å². The number of halogens is 2. The van der Waals surface area contributed by atoms with E-state index in [9.17, 15) is 22.0 Å². The average Bonchev–Trinajstić information content (AvgIpc) is 3.24. The van der Waals surface area contributed by atoms with Crippen LogP contribution < -0.4 is 0 Å². The molecule has 0 unspecified atom stereocenters. The summed E-state index contributed by atoms with van der Waals surface area (Å²) in [6.07, 6.45) is 3.06. The molecule has 2 aromatic carbocycles. The van der Waals surface area contributed by atoms with Crippen molar-refractivity contribution in [1.29, 1.82) is 0 Å². The monoisotopic (exact) mass is 432 g/mol. The SMILES string of the molecule is O=C(c1cnn(-c2ccccc2)c1)N1CCN(S(=O)(=O)c2c(F)cccc2F)CC1. The Kier molecular flexibility index (Phi) is 5.35. The Hall–Kier alpha value is -3.11. The minimum absolute atomic E-state index is 0.0608. The fraction of sp³-hybridized carbons (Fsp3) is 0.200. The van der Waals surface area contributed by atoms with Crippen molar-refractivity contribution in [3.8, 4) is 5.69 Å². The van der Waals surface area contributed by atoms with Crippen LogP contribution in [-0.4, -0.2) is 59.5 Å². The van der Waals surface area contributed by atoms with Gasteiger partial charge in [0.25, 0.3) is 5.91 Å². The quantitative estimate of drug-likeness (QED) is 0.634. The van der Waals surface area contributed by atoms with Crippen LogP contribution in [0.1, 0.15) is 10.4 Å². The third-order valence-corrected chi connectivity index (χ3v) is 6.84. The first-order chi connectivity index (χ1) is 14.4. The van der Waals surface area contributed by atoms with Crippen LogP contribution in [0.5, 0.6) is 0 Å². The summed E-state index contributed by atoms with van der Waals surface area (Å²) in [5.41, 5.74) is 1.18. The Balaban J connectivity index is 1.46.